The Balaban J connectivity index is 1.54. The van der Waals surface area contributed by atoms with Crippen LogP contribution in [0.4, 0.5) is 10.2 Å². The maximum Gasteiger partial charge on any atom is 0.164 e. The van der Waals surface area contributed by atoms with E-state index < -0.39 is 5.82 Å². The maximum absolute atomic E-state index is 15.1. The van der Waals surface area contributed by atoms with E-state index in [-0.39, 0.29) is 5.82 Å². The Kier molecular flexibility index (Phi) is 4.76. The van der Waals surface area contributed by atoms with Crippen LogP contribution in [0.5, 0.6) is 11.5 Å². The summed E-state index contributed by atoms with van der Waals surface area (Å²) in [6, 6.07) is 14.3. The summed E-state index contributed by atoms with van der Waals surface area (Å²) in [5.41, 5.74) is 7.51. The van der Waals surface area contributed by atoms with Crippen molar-refractivity contribution in [3.63, 3.8) is 0 Å². The molecule has 1 saturated heterocycles. The third kappa shape index (κ3) is 3.46. The smallest absolute Gasteiger partial charge is 0.164 e. The molecule has 1 aliphatic heterocycles. The zero-order valence-electron chi connectivity index (χ0n) is 16.3. The summed E-state index contributed by atoms with van der Waals surface area (Å²) in [6.45, 7) is 1.63. The quantitative estimate of drug-likeness (QED) is 0.526. The van der Waals surface area contributed by atoms with Gasteiger partial charge < -0.3 is 15.8 Å². The lowest BCUT2D eigenvalue weighted by Crippen LogP contribution is -2.27. The molecule has 3 N–H and O–H groups in total. The first kappa shape index (κ1) is 18.5. The lowest BCUT2D eigenvalue weighted by Gasteiger charge is -2.10. The van der Waals surface area contributed by atoms with E-state index >= 15 is 4.39 Å². The lowest BCUT2D eigenvalue weighted by atomic mass is 10.1. The number of halogens is 1. The number of aromatic nitrogens is 4. The zero-order valence-corrected chi connectivity index (χ0v) is 16.3. The van der Waals surface area contributed by atoms with E-state index in [1.165, 1.54) is 12.4 Å². The molecule has 2 aromatic carbocycles. The van der Waals surface area contributed by atoms with Gasteiger partial charge in [0.15, 0.2) is 5.65 Å². The van der Waals surface area contributed by atoms with Crippen LogP contribution in [-0.4, -0.2) is 32.3 Å². The Morgan fingerprint density at radius 3 is 2.77 bits per heavy atom. The Hall–Kier alpha value is -3.52. The number of nitrogen functional groups attached to an aromatic ring is 1. The highest BCUT2D eigenvalue weighted by Crippen LogP contribution is 2.34. The molecule has 1 atom stereocenters. The second kappa shape index (κ2) is 7.72. The van der Waals surface area contributed by atoms with Crippen molar-refractivity contribution in [1.82, 2.24) is 25.1 Å². The highest BCUT2D eigenvalue weighted by atomic mass is 19.1. The van der Waals surface area contributed by atoms with Crippen LogP contribution in [0.15, 0.2) is 54.9 Å². The van der Waals surface area contributed by atoms with Gasteiger partial charge in [-0.2, -0.15) is 5.10 Å². The molecule has 0 spiro atoms. The van der Waals surface area contributed by atoms with E-state index in [0.717, 1.165) is 19.4 Å². The van der Waals surface area contributed by atoms with Gasteiger partial charge in [-0.05, 0) is 43.7 Å². The molecule has 30 heavy (non-hydrogen) atoms. The minimum Gasteiger partial charge on any atom is -0.457 e. The Morgan fingerprint density at radius 1 is 1.13 bits per heavy atom. The van der Waals surface area contributed by atoms with Crippen molar-refractivity contribution < 1.29 is 9.13 Å². The molecule has 2 aromatic heterocycles. The molecule has 3 heterocycles. The van der Waals surface area contributed by atoms with Gasteiger partial charge in [-0.1, -0.05) is 18.2 Å². The summed E-state index contributed by atoms with van der Waals surface area (Å²) in [4.78, 5) is 8.46. The van der Waals surface area contributed by atoms with Crippen molar-refractivity contribution in [2.24, 2.45) is 0 Å². The van der Waals surface area contributed by atoms with Crippen molar-refractivity contribution >= 4 is 16.9 Å². The number of nitrogens with one attached hydrogen (secondary N) is 1. The number of fused-ring (bicyclic) bond motifs is 1. The molecule has 7 nitrogen and oxygen atoms in total. The Bertz CT molecular complexity index is 1190. The van der Waals surface area contributed by atoms with Crippen molar-refractivity contribution in [2.45, 2.75) is 25.4 Å². The molecule has 5 rings (SSSR count). The van der Waals surface area contributed by atoms with Crippen LogP contribution >= 0.6 is 0 Å². The number of hydrogen-bond acceptors (Lipinski definition) is 6. The molecule has 0 aliphatic carbocycles. The SMILES string of the molecule is Nc1ncnc2c1c(-c1ccc(Oc3ccccc3)cc1F)nn2C[C@@H]1CCCN1. The van der Waals surface area contributed by atoms with Crippen molar-refractivity contribution in [2.75, 3.05) is 12.3 Å². The standard InChI is InChI=1S/C22H21FN6O/c23-18-11-16(30-15-6-2-1-3-7-15)8-9-17(18)20-19-21(24)26-13-27-22(19)29(28-20)12-14-5-4-10-25-14/h1-3,6-9,11,13-14,25H,4-5,10,12H2,(H2,24,26,27)/t14-/m0/s1. The van der Waals surface area contributed by atoms with Crippen LogP contribution in [0.3, 0.4) is 0 Å². The molecule has 1 fully saturated rings. The van der Waals surface area contributed by atoms with Crippen LogP contribution in [0, 0.1) is 5.82 Å². The van der Waals surface area contributed by atoms with Crippen molar-refractivity contribution in [3.05, 3.63) is 60.7 Å². The average molecular weight is 404 g/mol. The Labute approximate surface area is 172 Å². The molecule has 4 aromatic rings. The predicted molar refractivity (Wildman–Crippen MR) is 113 cm³/mol. The fourth-order valence-electron chi connectivity index (χ4n) is 3.84. The van der Waals surface area contributed by atoms with Gasteiger partial charge in [0.05, 0.1) is 11.9 Å². The fraction of sp³-hybridized carbons (Fsp3) is 0.227. The molecule has 0 saturated carbocycles. The first-order valence-electron chi connectivity index (χ1n) is 9.92. The number of ether oxygens (including phenoxy) is 1. The topological polar surface area (TPSA) is 90.9 Å². The molecule has 0 bridgehead atoms. The molecule has 1 aliphatic rings. The van der Waals surface area contributed by atoms with Gasteiger partial charge in [-0.3, -0.25) is 0 Å². The molecule has 0 amide bonds. The van der Waals surface area contributed by atoms with Crippen LogP contribution in [0.1, 0.15) is 12.8 Å². The van der Waals surface area contributed by atoms with E-state index in [1.807, 2.05) is 30.3 Å². The largest absolute Gasteiger partial charge is 0.457 e. The summed E-state index contributed by atoms with van der Waals surface area (Å²) in [5, 5.41) is 8.68. The van der Waals surface area contributed by atoms with E-state index in [0.29, 0.717) is 46.4 Å². The normalized spacial score (nSPS) is 16.2. The summed E-state index contributed by atoms with van der Waals surface area (Å²) < 4.78 is 22.6. The summed E-state index contributed by atoms with van der Waals surface area (Å²) in [6.07, 6.45) is 3.61. The molecular weight excluding hydrogens is 383 g/mol. The molecule has 8 heteroatoms. The summed E-state index contributed by atoms with van der Waals surface area (Å²) in [5.74, 6) is 0.883. The van der Waals surface area contributed by atoms with Gasteiger partial charge in [0.25, 0.3) is 0 Å². The van der Waals surface area contributed by atoms with Crippen molar-refractivity contribution in [3.8, 4) is 22.8 Å². The average Bonchev–Trinajstić information content (AvgIpc) is 3.38. The number of nitrogens with two attached hydrogens (primary N) is 1. The minimum atomic E-state index is -0.447. The van der Waals surface area contributed by atoms with Crippen molar-refractivity contribution in [1.29, 1.82) is 0 Å². The van der Waals surface area contributed by atoms with E-state index in [2.05, 4.69) is 20.4 Å². The van der Waals surface area contributed by atoms with E-state index in [4.69, 9.17) is 10.5 Å². The number of rotatable bonds is 5. The number of benzene rings is 2. The molecular formula is C22H21FN6O. The second-order valence-electron chi connectivity index (χ2n) is 7.34. The van der Waals surface area contributed by atoms with Gasteiger partial charge in [-0.15, -0.1) is 0 Å². The van der Waals surface area contributed by atoms with Crippen LogP contribution in [0.2, 0.25) is 0 Å². The van der Waals surface area contributed by atoms with E-state index in [9.17, 15) is 0 Å². The monoisotopic (exact) mass is 404 g/mol. The van der Waals surface area contributed by atoms with E-state index in [1.54, 1.807) is 16.8 Å². The highest BCUT2D eigenvalue weighted by Gasteiger charge is 2.22. The van der Waals surface area contributed by atoms with Gasteiger partial charge in [0, 0.05) is 17.7 Å². The third-order valence-corrected chi connectivity index (χ3v) is 5.29. The summed E-state index contributed by atoms with van der Waals surface area (Å²) in [7, 11) is 0. The van der Waals surface area contributed by atoms with Crippen LogP contribution < -0.4 is 15.8 Å². The first-order valence-corrected chi connectivity index (χ1v) is 9.92. The molecule has 0 radical (unpaired) electrons. The van der Waals surface area contributed by atoms with Gasteiger partial charge in [0.2, 0.25) is 0 Å². The number of nitrogens with zero attached hydrogens (tertiary/aromatic N) is 4. The van der Waals surface area contributed by atoms with Gasteiger partial charge in [-0.25, -0.2) is 19.0 Å². The minimum absolute atomic E-state index is 0.282. The fourth-order valence-corrected chi connectivity index (χ4v) is 3.84. The number of hydrogen-bond donors (Lipinski definition) is 2. The number of anilines is 1. The summed E-state index contributed by atoms with van der Waals surface area (Å²) >= 11 is 0. The predicted octanol–water partition coefficient (Wildman–Crippen LogP) is 3.76. The molecule has 152 valence electrons. The molecule has 0 unspecified atom stereocenters. The third-order valence-electron chi connectivity index (χ3n) is 5.29. The van der Waals surface area contributed by atoms with Crippen LogP contribution in [0.25, 0.3) is 22.3 Å². The lowest BCUT2D eigenvalue weighted by molar-refractivity contribution is 0.476. The maximum atomic E-state index is 15.1. The van der Waals surface area contributed by atoms with Crippen LogP contribution in [-0.2, 0) is 6.54 Å². The zero-order chi connectivity index (χ0) is 20.5. The first-order chi connectivity index (χ1) is 14.7. The number of para-hydroxylation sites is 1. The Morgan fingerprint density at radius 2 is 2.00 bits per heavy atom. The second-order valence-corrected chi connectivity index (χ2v) is 7.34. The highest BCUT2D eigenvalue weighted by molar-refractivity contribution is 5.98. The van der Waals surface area contributed by atoms with Gasteiger partial charge in [0.1, 0.15) is 35.2 Å². The van der Waals surface area contributed by atoms with Gasteiger partial charge >= 0.3 is 0 Å².